The van der Waals surface area contributed by atoms with Gasteiger partial charge in [0.15, 0.2) is 0 Å². The SMILES string of the molecule is Cc1ccc(-c2ccc(CNCc3nc4ccccc4[nH]3)o2)cc1Cl. The zero-order chi connectivity index (χ0) is 17.2. The average Bonchev–Trinajstić information content (AvgIpc) is 3.24. The summed E-state index contributed by atoms with van der Waals surface area (Å²) in [7, 11) is 0. The minimum absolute atomic E-state index is 0.636. The van der Waals surface area contributed by atoms with E-state index in [0.29, 0.717) is 13.1 Å². The number of rotatable bonds is 5. The highest BCUT2D eigenvalue weighted by Crippen LogP contribution is 2.26. The lowest BCUT2D eigenvalue weighted by Crippen LogP contribution is -2.13. The lowest BCUT2D eigenvalue weighted by Gasteiger charge is -2.02. The summed E-state index contributed by atoms with van der Waals surface area (Å²) < 4.78 is 5.91. The molecule has 0 aliphatic carbocycles. The summed E-state index contributed by atoms with van der Waals surface area (Å²) in [4.78, 5) is 7.86. The van der Waals surface area contributed by atoms with Gasteiger partial charge in [-0.15, -0.1) is 0 Å². The van der Waals surface area contributed by atoms with Gasteiger partial charge >= 0.3 is 0 Å². The number of imidazole rings is 1. The number of hydrogen-bond donors (Lipinski definition) is 2. The molecule has 5 heteroatoms. The Kier molecular flexibility index (Phi) is 4.30. The van der Waals surface area contributed by atoms with E-state index in [0.717, 1.165) is 44.5 Å². The molecule has 126 valence electrons. The van der Waals surface area contributed by atoms with Gasteiger partial charge in [-0.2, -0.15) is 0 Å². The molecule has 0 radical (unpaired) electrons. The molecule has 4 rings (SSSR count). The van der Waals surface area contributed by atoms with E-state index in [9.17, 15) is 0 Å². The van der Waals surface area contributed by atoms with E-state index < -0.39 is 0 Å². The van der Waals surface area contributed by atoms with Crippen molar-refractivity contribution >= 4 is 22.6 Å². The topological polar surface area (TPSA) is 53.9 Å². The van der Waals surface area contributed by atoms with Crippen LogP contribution in [0, 0.1) is 6.92 Å². The highest BCUT2D eigenvalue weighted by atomic mass is 35.5. The van der Waals surface area contributed by atoms with E-state index in [1.165, 1.54) is 0 Å². The Balaban J connectivity index is 1.40. The fourth-order valence-corrected chi connectivity index (χ4v) is 2.95. The highest BCUT2D eigenvalue weighted by molar-refractivity contribution is 6.31. The van der Waals surface area contributed by atoms with E-state index in [2.05, 4.69) is 15.3 Å². The number of para-hydroxylation sites is 2. The van der Waals surface area contributed by atoms with E-state index in [4.69, 9.17) is 16.0 Å². The van der Waals surface area contributed by atoms with Crippen molar-refractivity contribution in [2.24, 2.45) is 0 Å². The fraction of sp³-hybridized carbons (Fsp3) is 0.150. The van der Waals surface area contributed by atoms with Gasteiger partial charge in [0.1, 0.15) is 17.3 Å². The normalized spacial score (nSPS) is 11.3. The van der Waals surface area contributed by atoms with Gasteiger partial charge in [0.2, 0.25) is 0 Å². The van der Waals surface area contributed by atoms with Gasteiger partial charge in [0.25, 0.3) is 0 Å². The zero-order valence-corrected chi connectivity index (χ0v) is 14.6. The quantitative estimate of drug-likeness (QED) is 0.527. The largest absolute Gasteiger partial charge is 0.460 e. The van der Waals surface area contributed by atoms with Gasteiger partial charge in [-0.1, -0.05) is 35.9 Å². The van der Waals surface area contributed by atoms with E-state index in [1.807, 2.05) is 61.5 Å². The fourth-order valence-electron chi connectivity index (χ4n) is 2.77. The van der Waals surface area contributed by atoms with Crippen LogP contribution in [0.25, 0.3) is 22.4 Å². The van der Waals surface area contributed by atoms with E-state index in [1.54, 1.807) is 0 Å². The molecular weight excluding hydrogens is 334 g/mol. The third-order valence-corrected chi connectivity index (χ3v) is 4.56. The van der Waals surface area contributed by atoms with E-state index >= 15 is 0 Å². The van der Waals surface area contributed by atoms with Crippen LogP contribution in [0.1, 0.15) is 17.1 Å². The van der Waals surface area contributed by atoms with Gasteiger partial charge < -0.3 is 14.7 Å². The second-order valence-corrected chi connectivity index (χ2v) is 6.44. The molecule has 0 unspecified atom stereocenters. The molecule has 0 amide bonds. The highest BCUT2D eigenvalue weighted by Gasteiger charge is 2.07. The molecule has 2 aromatic carbocycles. The van der Waals surface area contributed by atoms with Crippen LogP contribution in [0.3, 0.4) is 0 Å². The number of H-pyrrole nitrogens is 1. The zero-order valence-electron chi connectivity index (χ0n) is 13.8. The maximum Gasteiger partial charge on any atom is 0.134 e. The molecule has 4 aromatic rings. The summed E-state index contributed by atoms with van der Waals surface area (Å²) >= 11 is 6.19. The van der Waals surface area contributed by atoms with Gasteiger partial charge in [0.05, 0.1) is 24.1 Å². The number of aromatic amines is 1. The summed E-state index contributed by atoms with van der Waals surface area (Å²) in [5.74, 6) is 2.61. The van der Waals surface area contributed by atoms with Crippen LogP contribution in [-0.4, -0.2) is 9.97 Å². The molecule has 4 nitrogen and oxygen atoms in total. The number of nitrogens with zero attached hydrogens (tertiary/aromatic N) is 1. The average molecular weight is 352 g/mol. The molecule has 0 saturated carbocycles. The van der Waals surface area contributed by atoms with Crippen molar-refractivity contribution in [1.82, 2.24) is 15.3 Å². The maximum atomic E-state index is 6.19. The third-order valence-electron chi connectivity index (χ3n) is 4.15. The van der Waals surface area contributed by atoms with Crippen molar-refractivity contribution in [3.05, 3.63) is 76.8 Å². The molecule has 0 bridgehead atoms. The lowest BCUT2D eigenvalue weighted by molar-refractivity contribution is 0.491. The Morgan fingerprint density at radius 2 is 1.96 bits per heavy atom. The first-order valence-corrected chi connectivity index (χ1v) is 8.56. The molecule has 0 saturated heterocycles. The number of benzene rings is 2. The minimum Gasteiger partial charge on any atom is -0.460 e. The standard InChI is InChI=1S/C20H18ClN3O/c1-13-6-7-14(10-16(13)21)19-9-8-15(25-19)11-22-12-20-23-17-4-2-3-5-18(17)24-20/h2-10,22H,11-12H2,1H3,(H,23,24). The molecule has 2 heterocycles. The maximum absolute atomic E-state index is 6.19. The van der Waals surface area contributed by atoms with Crippen LogP contribution in [0.2, 0.25) is 5.02 Å². The molecule has 0 fully saturated rings. The Labute approximate surface area is 150 Å². The summed E-state index contributed by atoms with van der Waals surface area (Å²) in [5.41, 5.74) is 4.08. The smallest absolute Gasteiger partial charge is 0.134 e. The molecule has 0 atom stereocenters. The van der Waals surface area contributed by atoms with E-state index in [-0.39, 0.29) is 0 Å². The van der Waals surface area contributed by atoms with Crippen LogP contribution in [0.4, 0.5) is 0 Å². The number of nitrogens with one attached hydrogen (secondary N) is 2. The molecular formula is C20H18ClN3O. The van der Waals surface area contributed by atoms with Crippen molar-refractivity contribution in [3.63, 3.8) is 0 Å². The van der Waals surface area contributed by atoms with Gasteiger partial charge in [-0.05, 0) is 42.8 Å². The molecule has 0 aliphatic rings. The second-order valence-electron chi connectivity index (χ2n) is 6.03. The van der Waals surface area contributed by atoms with Crippen molar-refractivity contribution in [2.45, 2.75) is 20.0 Å². The molecule has 25 heavy (non-hydrogen) atoms. The molecule has 2 N–H and O–H groups in total. The van der Waals surface area contributed by atoms with Crippen molar-refractivity contribution in [3.8, 4) is 11.3 Å². The summed E-state index contributed by atoms with van der Waals surface area (Å²) in [6.45, 7) is 3.28. The van der Waals surface area contributed by atoms with Gasteiger partial charge in [-0.25, -0.2) is 4.98 Å². The number of aryl methyl sites for hydroxylation is 1. The first-order valence-electron chi connectivity index (χ1n) is 8.18. The lowest BCUT2D eigenvalue weighted by atomic mass is 10.1. The van der Waals surface area contributed by atoms with Crippen LogP contribution < -0.4 is 5.32 Å². The van der Waals surface area contributed by atoms with Crippen LogP contribution >= 0.6 is 11.6 Å². The number of halogens is 1. The molecule has 0 aliphatic heterocycles. The monoisotopic (exact) mass is 351 g/mol. The Morgan fingerprint density at radius 3 is 2.80 bits per heavy atom. The van der Waals surface area contributed by atoms with Crippen LogP contribution in [0.5, 0.6) is 0 Å². The third kappa shape index (κ3) is 3.45. The van der Waals surface area contributed by atoms with Crippen LogP contribution in [-0.2, 0) is 13.1 Å². The van der Waals surface area contributed by atoms with Gasteiger partial charge in [0, 0.05) is 10.6 Å². The Bertz CT molecular complexity index is 986. The first-order chi connectivity index (χ1) is 12.2. The van der Waals surface area contributed by atoms with Crippen molar-refractivity contribution in [2.75, 3.05) is 0 Å². The predicted octanol–water partition coefficient (Wildman–Crippen LogP) is 5.07. The Hall–Kier alpha value is -2.56. The van der Waals surface area contributed by atoms with Crippen LogP contribution in [0.15, 0.2) is 59.0 Å². The Morgan fingerprint density at radius 1 is 1.08 bits per heavy atom. The number of fused-ring (bicyclic) bond motifs is 1. The number of hydrogen-bond acceptors (Lipinski definition) is 3. The number of furan rings is 1. The van der Waals surface area contributed by atoms with Crippen molar-refractivity contribution < 1.29 is 4.42 Å². The summed E-state index contributed by atoms with van der Waals surface area (Å²) in [6, 6.07) is 17.9. The van der Waals surface area contributed by atoms with Crippen molar-refractivity contribution in [1.29, 1.82) is 0 Å². The molecule has 0 spiro atoms. The summed E-state index contributed by atoms with van der Waals surface area (Å²) in [6.07, 6.45) is 0. The minimum atomic E-state index is 0.636. The predicted molar refractivity (Wildman–Crippen MR) is 101 cm³/mol. The first kappa shape index (κ1) is 15.9. The second kappa shape index (κ2) is 6.75. The molecule has 2 aromatic heterocycles. The van der Waals surface area contributed by atoms with Gasteiger partial charge in [-0.3, -0.25) is 0 Å². The summed E-state index contributed by atoms with van der Waals surface area (Å²) in [5, 5.41) is 4.10. The number of aromatic nitrogens is 2.